The Morgan fingerprint density at radius 3 is 2.65 bits per heavy atom. The van der Waals surface area contributed by atoms with Crippen LogP contribution in [-0.2, 0) is 4.79 Å². The van der Waals surface area contributed by atoms with E-state index in [-0.39, 0.29) is 17.8 Å². The van der Waals surface area contributed by atoms with Crippen molar-refractivity contribution in [1.29, 1.82) is 0 Å². The summed E-state index contributed by atoms with van der Waals surface area (Å²) >= 11 is 0. The molecule has 0 aliphatic carbocycles. The number of aliphatic hydroxyl groups excluding tert-OH is 1. The number of aliphatic carboxylic acids is 1. The zero-order valence-corrected chi connectivity index (χ0v) is 10.3. The number of aliphatic hydroxyl groups is 1. The summed E-state index contributed by atoms with van der Waals surface area (Å²) in [5.41, 5.74) is -0.0437. The lowest BCUT2D eigenvalue weighted by molar-refractivity contribution is -0.384. The van der Waals surface area contributed by atoms with Gasteiger partial charge in [0, 0.05) is 30.8 Å². The Hall–Kier alpha value is -2.68. The van der Waals surface area contributed by atoms with Crippen molar-refractivity contribution in [3.05, 3.63) is 34.4 Å². The van der Waals surface area contributed by atoms with E-state index in [1.54, 1.807) is 0 Å². The van der Waals surface area contributed by atoms with Crippen LogP contribution in [0.2, 0.25) is 0 Å². The summed E-state index contributed by atoms with van der Waals surface area (Å²) in [6, 6.07) is 3.14. The van der Waals surface area contributed by atoms with Crippen LogP contribution in [0.5, 0.6) is 0 Å². The Balaban J connectivity index is 2.68. The van der Waals surface area contributed by atoms with Gasteiger partial charge in [-0.25, -0.2) is 9.59 Å². The first kappa shape index (κ1) is 15.4. The van der Waals surface area contributed by atoms with Crippen molar-refractivity contribution in [2.24, 2.45) is 0 Å². The zero-order valence-electron chi connectivity index (χ0n) is 10.3. The summed E-state index contributed by atoms with van der Waals surface area (Å²) in [7, 11) is 0. The molecule has 9 nitrogen and oxygen atoms in total. The second-order valence-electron chi connectivity index (χ2n) is 3.81. The van der Waals surface area contributed by atoms with Crippen molar-refractivity contribution >= 4 is 23.4 Å². The standard InChI is InChI=1S/C11H13N3O6/c15-5-4-9(10(16)17)13-11(18)12-7-2-1-3-8(6-7)14(19)20/h1-3,6,9,15H,4-5H2,(H,16,17)(H2,12,13,18)/t9-/m0/s1. The van der Waals surface area contributed by atoms with E-state index in [9.17, 15) is 19.7 Å². The van der Waals surface area contributed by atoms with Gasteiger partial charge in [0.05, 0.1) is 4.92 Å². The molecule has 1 aromatic carbocycles. The van der Waals surface area contributed by atoms with Crippen LogP contribution in [0, 0.1) is 10.1 Å². The fourth-order valence-corrected chi connectivity index (χ4v) is 1.41. The first-order valence-corrected chi connectivity index (χ1v) is 5.59. The number of non-ortho nitro benzene ring substituents is 1. The Bertz CT molecular complexity index is 519. The van der Waals surface area contributed by atoms with E-state index < -0.39 is 29.6 Å². The maximum Gasteiger partial charge on any atom is 0.326 e. The maximum absolute atomic E-state index is 11.5. The lowest BCUT2D eigenvalue weighted by Crippen LogP contribution is -2.43. The molecule has 20 heavy (non-hydrogen) atoms. The van der Waals surface area contributed by atoms with Crippen LogP contribution in [0.25, 0.3) is 0 Å². The summed E-state index contributed by atoms with van der Waals surface area (Å²) in [6.07, 6.45) is -0.141. The van der Waals surface area contributed by atoms with Crippen molar-refractivity contribution in [1.82, 2.24) is 5.32 Å². The van der Waals surface area contributed by atoms with E-state index >= 15 is 0 Å². The number of carboxylic acids is 1. The molecule has 1 aromatic rings. The van der Waals surface area contributed by atoms with E-state index in [1.165, 1.54) is 18.2 Å². The molecule has 1 rings (SSSR count). The molecule has 0 saturated heterocycles. The van der Waals surface area contributed by atoms with Crippen LogP contribution in [0.15, 0.2) is 24.3 Å². The van der Waals surface area contributed by atoms with Gasteiger partial charge in [-0.3, -0.25) is 10.1 Å². The highest BCUT2D eigenvalue weighted by atomic mass is 16.6. The zero-order chi connectivity index (χ0) is 15.1. The lowest BCUT2D eigenvalue weighted by Gasteiger charge is -2.13. The maximum atomic E-state index is 11.5. The number of benzene rings is 1. The number of anilines is 1. The molecular weight excluding hydrogens is 270 g/mol. The Labute approximate surface area is 113 Å². The lowest BCUT2D eigenvalue weighted by atomic mass is 10.2. The van der Waals surface area contributed by atoms with Gasteiger partial charge in [0.1, 0.15) is 6.04 Å². The molecule has 0 bridgehead atoms. The minimum atomic E-state index is -1.28. The molecular formula is C11H13N3O6. The highest BCUT2D eigenvalue weighted by Crippen LogP contribution is 2.16. The average Bonchev–Trinajstić information content (AvgIpc) is 2.38. The van der Waals surface area contributed by atoms with Crippen LogP contribution in [0.4, 0.5) is 16.2 Å². The van der Waals surface area contributed by atoms with Gasteiger partial charge in [0.15, 0.2) is 0 Å². The second-order valence-corrected chi connectivity index (χ2v) is 3.81. The van der Waals surface area contributed by atoms with E-state index in [4.69, 9.17) is 10.2 Å². The third kappa shape index (κ3) is 4.53. The van der Waals surface area contributed by atoms with E-state index in [0.717, 1.165) is 6.07 Å². The average molecular weight is 283 g/mol. The third-order valence-electron chi connectivity index (χ3n) is 2.34. The molecule has 0 aliphatic heterocycles. The molecule has 4 N–H and O–H groups in total. The topological polar surface area (TPSA) is 142 Å². The first-order valence-electron chi connectivity index (χ1n) is 5.59. The number of urea groups is 1. The number of hydrogen-bond acceptors (Lipinski definition) is 5. The van der Waals surface area contributed by atoms with E-state index in [1.807, 2.05) is 0 Å². The van der Waals surface area contributed by atoms with Crippen LogP contribution >= 0.6 is 0 Å². The van der Waals surface area contributed by atoms with Gasteiger partial charge in [-0.1, -0.05) is 6.07 Å². The van der Waals surface area contributed by atoms with Crippen LogP contribution in [-0.4, -0.2) is 39.8 Å². The van der Waals surface area contributed by atoms with Gasteiger partial charge >= 0.3 is 12.0 Å². The monoisotopic (exact) mass is 283 g/mol. The Kier molecular flexibility index (Phi) is 5.42. The highest BCUT2D eigenvalue weighted by molar-refractivity contribution is 5.92. The van der Waals surface area contributed by atoms with Crippen molar-refractivity contribution in [2.45, 2.75) is 12.5 Å². The fourth-order valence-electron chi connectivity index (χ4n) is 1.41. The summed E-state index contributed by atoms with van der Waals surface area (Å²) in [5.74, 6) is -1.28. The number of carbonyl (C=O) groups excluding carboxylic acids is 1. The van der Waals surface area contributed by atoms with Gasteiger partial charge in [-0.2, -0.15) is 0 Å². The number of nitrogens with zero attached hydrogens (tertiary/aromatic N) is 1. The third-order valence-corrected chi connectivity index (χ3v) is 2.34. The molecule has 108 valence electrons. The van der Waals surface area contributed by atoms with E-state index in [2.05, 4.69) is 10.6 Å². The van der Waals surface area contributed by atoms with Gasteiger partial charge in [0.25, 0.3) is 5.69 Å². The normalized spacial score (nSPS) is 11.4. The SMILES string of the molecule is O=C(Nc1cccc([N+](=O)[O-])c1)N[C@@H](CCO)C(=O)O. The van der Waals surface area contributed by atoms with Crippen LogP contribution in [0.1, 0.15) is 6.42 Å². The van der Waals surface area contributed by atoms with Crippen molar-refractivity contribution in [3.63, 3.8) is 0 Å². The van der Waals surface area contributed by atoms with E-state index in [0.29, 0.717) is 0 Å². The van der Waals surface area contributed by atoms with Crippen LogP contribution < -0.4 is 10.6 Å². The molecule has 0 aliphatic rings. The van der Waals surface area contributed by atoms with Gasteiger partial charge in [0.2, 0.25) is 0 Å². The molecule has 0 fully saturated rings. The summed E-state index contributed by atoms with van der Waals surface area (Å²) < 4.78 is 0. The summed E-state index contributed by atoms with van der Waals surface area (Å²) in [6.45, 7) is -0.395. The highest BCUT2D eigenvalue weighted by Gasteiger charge is 2.19. The second kappa shape index (κ2) is 7.04. The molecule has 1 atom stereocenters. The number of amides is 2. The molecule has 0 saturated carbocycles. The van der Waals surface area contributed by atoms with Crippen molar-refractivity contribution in [3.8, 4) is 0 Å². The molecule has 0 spiro atoms. The van der Waals surface area contributed by atoms with Gasteiger partial charge in [-0.05, 0) is 6.07 Å². The van der Waals surface area contributed by atoms with Gasteiger partial charge < -0.3 is 20.8 Å². The number of rotatable bonds is 6. The summed E-state index contributed by atoms with van der Waals surface area (Å²) in [4.78, 5) is 32.3. The molecule has 9 heteroatoms. The summed E-state index contributed by atoms with van der Waals surface area (Å²) in [5, 5.41) is 32.4. The minimum absolute atomic E-state index is 0.141. The number of carbonyl (C=O) groups is 2. The number of nitro groups is 1. The quantitative estimate of drug-likeness (QED) is 0.443. The molecule has 0 heterocycles. The molecule has 2 amide bonds. The van der Waals surface area contributed by atoms with Crippen LogP contribution in [0.3, 0.4) is 0 Å². The number of nitro benzene ring substituents is 1. The van der Waals surface area contributed by atoms with Gasteiger partial charge in [-0.15, -0.1) is 0 Å². The smallest absolute Gasteiger partial charge is 0.326 e. The number of hydrogen-bond donors (Lipinski definition) is 4. The van der Waals surface area contributed by atoms with Crippen molar-refractivity contribution < 1.29 is 24.7 Å². The number of nitrogens with one attached hydrogen (secondary N) is 2. The Morgan fingerprint density at radius 2 is 2.10 bits per heavy atom. The minimum Gasteiger partial charge on any atom is -0.480 e. The fraction of sp³-hybridized carbons (Fsp3) is 0.273. The predicted molar refractivity (Wildman–Crippen MR) is 68.4 cm³/mol. The molecule has 0 aromatic heterocycles. The van der Waals surface area contributed by atoms with Crippen molar-refractivity contribution in [2.75, 3.05) is 11.9 Å². The predicted octanol–water partition coefficient (Wildman–Crippen LogP) is 0.552. The first-order chi connectivity index (χ1) is 9.43. The largest absolute Gasteiger partial charge is 0.480 e. The molecule has 0 unspecified atom stereocenters. The number of carboxylic acid groups (broad SMARTS) is 1. The Morgan fingerprint density at radius 1 is 1.40 bits per heavy atom. The molecule has 0 radical (unpaired) electrons.